The Labute approximate surface area is 159 Å². The molecule has 0 aromatic heterocycles. The van der Waals surface area contributed by atoms with Crippen LogP contribution in [0.4, 0.5) is 0 Å². The third kappa shape index (κ3) is 4.19. The van der Waals surface area contributed by atoms with E-state index in [1.54, 1.807) is 6.07 Å². The SMILES string of the molecule is Cc1ccc(Cc2cc(C(=O)NCC3CCCO3)c(O)c(Cl)c2C)cc1. The molecule has 1 aliphatic heterocycles. The second-order valence-electron chi connectivity index (χ2n) is 6.88. The summed E-state index contributed by atoms with van der Waals surface area (Å²) in [5, 5.41) is 13.4. The van der Waals surface area contributed by atoms with Crippen LogP contribution in [-0.2, 0) is 11.2 Å². The van der Waals surface area contributed by atoms with Crippen LogP contribution in [0.1, 0.15) is 45.5 Å². The zero-order chi connectivity index (χ0) is 18.7. The number of nitrogens with one attached hydrogen (secondary N) is 1. The zero-order valence-electron chi connectivity index (χ0n) is 15.1. The smallest absolute Gasteiger partial charge is 0.255 e. The van der Waals surface area contributed by atoms with Gasteiger partial charge in [0.1, 0.15) is 5.75 Å². The lowest BCUT2D eigenvalue weighted by molar-refractivity contribution is 0.0855. The van der Waals surface area contributed by atoms with E-state index in [0.717, 1.165) is 36.1 Å². The summed E-state index contributed by atoms with van der Waals surface area (Å²) in [4.78, 5) is 12.5. The first-order valence-corrected chi connectivity index (χ1v) is 9.29. The van der Waals surface area contributed by atoms with Gasteiger partial charge in [-0.3, -0.25) is 4.79 Å². The third-order valence-electron chi connectivity index (χ3n) is 4.87. The molecule has 2 aromatic rings. The van der Waals surface area contributed by atoms with Gasteiger partial charge in [-0.1, -0.05) is 41.4 Å². The molecule has 0 aliphatic carbocycles. The number of aromatic hydroxyl groups is 1. The summed E-state index contributed by atoms with van der Waals surface area (Å²) in [5.41, 5.74) is 4.26. The standard InChI is InChI=1S/C21H24ClNO3/c1-13-5-7-15(8-6-13)10-16-11-18(20(24)19(22)14(16)2)21(25)23-12-17-4-3-9-26-17/h5-8,11,17,24H,3-4,9-10,12H2,1-2H3,(H,23,25). The molecule has 0 spiro atoms. The molecule has 0 radical (unpaired) electrons. The van der Waals surface area contributed by atoms with Gasteiger partial charge in [-0.25, -0.2) is 0 Å². The van der Waals surface area contributed by atoms with Gasteiger partial charge in [0.05, 0.1) is 16.7 Å². The Bertz CT molecular complexity index is 796. The minimum Gasteiger partial charge on any atom is -0.506 e. The zero-order valence-corrected chi connectivity index (χ0v) is 15.9. The largest absolute Gasteiger partial charge is 0.506 e. The van der Waals surface area contributed by atoms with Crippen molar-refractivity contribution in [1.82, 2.24) is 5.32 Å². The van der Waals surface area contributed by atoms with Gasteiger partial charge in [0, 0.05) is 13.2 Å². The molecular formula is C21H24ClNO3. The second-order valence-corrected chi connectivity index (χ2v) is 7.26. The molecule has 1 amide bonds. The van der Waals surface area contributed by atoms with E-state index in [9.17, 15) is 9.90 Å². The summed E-state index contributed by atoms with van der Waals surface area (Å²) >= 11 is 6.30. The molecule has 4 nitrogen and oxygen atoms in total. The van der Waals surface area contributed by atoms with Crippen molar-refractivity contribution in [3.8, 4) is 5.75 Å². The minimum absolute atomic E-state index is 0.0500. The number of phenolic OH excluding ortho intramolecular Hbond substituents is 1. The normalized spacial score (nSPS) is 16.7. The summed E-state index contributed by atoms with van der Waals surface area (Å²) in [6, 6.07) is 9.98. The average Bonchev–Trinajstić information content (AvgIpc) is 3.15. The monoisotopic (exact) mass is 373 g/mol. The van der Waals surface area contributed by atoms with E-state index >= 15 is 0 Å². The van der Waals surface area contributed by atoms with E-state index in [-0.39, 0.29) is 28.3 Å². The first kappa shape index (κ1) is 18.7. The van der Waals surface area contributed by atoms with Crippen molar-refractivity contribution < 1.29 is 14.6 Å². The Kier molecular flexibility index (Phi) is 5.84. The van der Waals surface area contributed by atoms with Gasteiger partial charge in [-0.15, -0.1) is 0 Å². The lowest BCUT2D eigenvalue weighted by Crippen LogP contribution is -2.32. The Morgan fingerprint density at radius 1 is 1.31 bits per heavy atom. The molecule has 0 saturated carbocycles. The molecule has 1 fully saturated rings. The van der Waals surface area contributed by atoms with E-state index in [1.165, 1.54) is 5.56 Å². The topological polar surface area (TPSA) is 58.6 Å². The first-order chi connectivity index (χ1) is 12.5. The van der Waals surface area contributed by atoms with Crippen molar-refractivity contribution in [2.45, 2.75) is 39.2 Å². The molecule has 1 saturated heterocycles. The number of phenols is 1. The Morgan fingerprint density at radius 3 is 2.69 bits per heavy atom. The van der Waals surface area contributed by atoms with Gasteiger partial charge in [-0.05, 0) is 55.9 Å². The number of hydrogen-bond donors (Lipinski definition) is 2. The summed E-state index contributed by atoms with van der Waals surface area (Å²) in [6.45, 7) is 5.09. The van der Waals surface area contributed by atoms with Crippen LogP contribution in [-0.4, -0.2) is 30.3 Å². The Balaban J connectivity index is 1.81. The van der Waals surface area contributed by atoms with Crippen LogP contribution >= 0.6 is 11.6 Å². The van der Waals surface area contributed by atoms with Gasteiger partial charge in [0.25, 0.3) is 5.91 Å². The summed E-state index contributed by atoms with van der Waals surface area (Å²) in [6.07, 6.45) is 2.66. The molecule has 5 heteroatoms. The predicted octanol–water partition coefficient (Wildman–Crippen LogP) is 4.16. The highest BCUT2D eigenvalue weighted by molar-refractivity contribution is 6.33. The maximum Gasteiger partial charge on any atom is 0.255 e. The molecular weight excluding hydrogens is 350 g/mol. The maximum absolute atomic E-state index is 12.5. The van der Waals surface area contributed by atoms with E-state index in [0.29, 0.717) is 13.0 Å². The Morgan fingerprint density at radius 2 is 2.04 bits per heavy atom. The number of amides is 1. The molecule has 0 bridgehead atoms. The molecule has 2 aromatic carbocycles. The van der Waals surface area contributed by atoms with E-state index in [1.807, 2.05) is 13.8 Å². The van der Waals surface area contributed by atoms with E-state index < -0.39 is 0 Å². The number of ether oxygens (including phenoxy) is 1. The van der Waals surface area contributed by atoms with Crippen molar-refractivity contribution in [2.75, 3.05) is 13.2 Å². The van der Waals surface area contributed by atoms with Crippen LogP contribution in [0, 0.1) is 13.8 Å². The number of halogens is 1. The number of benzene rings is 2. The van der Waals surface area contributed by atoms with Crippen LogP contribution < -0.4 is 5.32 Å². The first-order valence-electron chi connectivity index (χ1n) is 8.92. The van der Waals surface area contributed by atoms with Crippen molar-refractivity contribution in [3.05, 3.63) is 63.2 Å². The molecule has 3 rings (SSSR count). The number of rotatable bonds is 5. The van der Waals surface area contributed by atoms with Gasteiger partial charge >= 0.3 is 0 Å². The molecule has 138 valence electrons. The van der Waals surface area contributed by atoms with Crippen molar-refractivity contribution in [2.24, 2.45) is 0 Å². The maximum atomic E-state index is 12.5. The van der Waals surface area contributed by atoms with Crippen LogP contribution in [0.5, 0.6) is 5.75 Å². The molecule has 1 heterocycles. The molecule has 1 atom stereocenters. The molecule has 1 aliphatic rings. The molecule has 1 unspecified atom stereocenters. The van der Waals surface area contributed by atoms with Crippen molar-refractivity contribution in [3.63, 3.8) is 0 Å². The molecule has 2 N–H and O–H groups in total. The van der Waals surface area contributed by atoms with Crippen molar-refractivity contribution in [1.29, 1.82) is 0 Å². The number of carbonyl (C=O) groups excluding carboxylic acids is 1. The average molecular weight is 374 g/mol. The number of hydrogen-bond acceptors (Lipinski definition) is 3. The fourth-order valence-electron chi connectivity index (χ4n) is 3.18. The lowest BCUT2D eigenvalue weighted by Gasteiger charge is -2.15. The van der Waals surface area contributed by atoms with Crippen LogP contribution in [0.2, 0.25) is 5.02 Å². The van der Waals surface area contributed by atoms with Crippen LogP contribution in [0.25, 0.3) is 0 Å². The predicted molar refractivity (Wildman–Crippen MR) is 103 cm³/mol. The quantitative estimate of drug-likeness (QED) is 0.827. The second kappa shape index (κ2) is 8.11. The fourth-order valence-corrected chi connectivity index (χ4v) is 3.40. The van der Waals surface area contributed by atoms with Gasteiger partial charge in [-0.2, -0.15) is 0 Å². The third-order valence-corrected chi connectivity index (χ3v) is 5.33. The highest BCUT2D eigenvalue weighted by atomic mass is 35.5. The minimum atomic E-state index is -0.329. The summed E-state index contributed by atoms with van der Waals surface area (Å²) in [7, 11) is 0. The van der Waals surface area contributed by atoms with Gasteiger partial charge in [0.15, 0.2) is 0 Å². The highest BCUT2D eigenvalue weighted by Gasteiger charge is 2.21. The molecule has 26 heavy (non-hydrogen) atoms. The van der Waals surface area contributed by atoms with Crippen molar-refractivity contribution >= 4 is 17.5 Å². The number of aryl methyl sites for hydroxylation is 1. The number of carbonyl (C=O) groups is 1. The Hall–Kier alpha value is -2.04. The van der Waals surface area contributed by atoms with Gasteiger partial charge < -0.3 is 15.2 Å². The van der Waals surface area contributed by atoms with E-state index in [4.69, 9.17) is 16.3 Å². The van der Waals surface area contributed by atoms with E-state index in [2.05, 4.69) is 29.6 Å². The summed E-state index contributed by atoms with van der Waals surface area (Å²) < 4.78 is 5.52. The lowest BCUT2D eigenvalue weighted by atomic mass is 9.96. The highest BCUT2D eigenvalue weighted by Crippen LogP contribution is 2.34. The summed E-state index contributed by atoms with van der Waals surface area (Å²) in [5.74, 6) is -0.494. The van der Waals surface area contributed by atoms with Crippen LogP contribution in [0.3, 0.4) is 0 Å². The van der Waals surface area contributed by atoms with Gasteiger partial charge in [0.2, 0.25) is 0 Å². The fraction of sp³-hybridized carbons (Fsp3) is 0.381. The van der Waals surface area contributed by atoms with Crippen LogP contribution in [0.15, 0.2) is 30.3 Å².